The van der Waals surface area contributed by atoms with Gasteiger partial charge in [-0.05, 0) is 55.5 Å². The highest BCUT2D eigenvalue weighted by Gasteiger charge is 2.25. The van der Waals surface area contributed by atoms with Gasteiger partial charge in [0.1, 0.15) is 0 Å². The fourth-order valence-corrected chi connectivity index (χ4v) is 2.60. The summed E-state index contributed by atoms with van der Waals surface area (Å²) < 4.78 is 0. The second-order valence-electron chi connectivity index (χ2n) is 7.72. The smallest absolute Gasteiger partial charge is 0.00102 e. The molecule has 1 saturated heterocycles. The molecule has 1 rings (SSSR count). The van der Waals surface area contributed by atoms with Gasteiger partial charge in [-0.1, -0.05) is 41.5 Å². The highest BCUT2D eigenvalue weighted by molar-refractivity contribution is 4.78. The van der Waals surface area contributed by atoms with Crippen LogP contribution in [0.15, 0.2) is 0 Å². The monoisotopic (exact) mass is 239 g/mol. The first-order valence-electron chi connectivity index (χ1n) is 7.50. The second-order valence-corrected chi connectivity index (χ2v) is 7.72. The van der Waals surface area contributed by atoms with Crippen LogP contribution < -0.4 is 0 Å². The van der Waals surface area contributed by atoms with Crippen molar-refractivity contribution in [1.29, 1.82) is 0 Å². The van der Waals surface area contributed by atoms with E-state index in [1.54, 1.807) is 0 Å². The molecule has 17 heavy (non-hydrogen) atoms. The first kappa shape index (κ1) is 15.0. The van der Waals surface area contributed by atoms with Crippen molar-refractivity contribution in [3.8, 4) is 0 Å². The van der Waals surface area contributed by atoms with E-state index in [1.807, 2.05) is 0 Å². The Hall–Kier alpha value is -0.0400. The van der Waals surface area contributed by atoms with Crippen LogP contribution >= 0.6 is 0 Å². The van der Waals surface area contributed by atoms with Crippen LogP contribution in [0.5, 0.6) is 0 Å². The van der Waals surface area contributed by atoms with E-state index >= 15 is 0 Å². The van der Waals surface area contributed by atoms with Crippen molar-refractivity contribution < 1.29 is 0 Å². The molecule has 1 aliphatic rings. The lowest BCUT2D eigenvalue weighted by atomic mass is 9.87. The van der Waals surface area contributed by atoms with Gasteiger partial charge in [-0.25, -0.2) is 0 Å². The molecule has 0 saturated carbocycles. The Morgan fingerprint density at radius 2 is 1.82 bits per heavy atom. The molecule has 0 aliphatic carbocycles. The van der Waals surface area contributed by atoms with E-state index < -0.39 is 0 Å². The lowest BCUT2D eigenvalue weighted by Crippen LogP contribution is -2.25. The van der Waals surface area contributed by atoms with Crippen molar-refractivity contribution in [2.45, 2.75) is 60.8 Å². The maximum Gasteiger partial charge on any atom is 0.00102 e. The van der Waals surface area contributed by atoms with Crippen molar-refractivity contribution in [1.82, 2.24) is 4.90 Å². The van der Waals surface area contributed by atoms with Crippen LogP contribution in [0, 0.1) is 23.2 Å². The van der Waals surface area contributed by atoms with Crippen molar-refractivity contribution in [2.24, 2.45) is 23.2 Å². The van der Waals surface area contributed by atoms with Crippen LogP contribution in [-0.2, 0) is 0 Å². The molecule has 0 aromatic rings. The van der Waals surface area contributed by atoms with Gasteiger partial charge in [0.15, 0.2) is 0 Å². The molecule has 0 aromatic carbocycles. The summed E-state index contributed by atoms with van der Waals surface area (Å²) in [5.74, 6) is 2.70. The average Bonchev–Trinajstić information content (AvgIpc) is 2.61. The number of likely N-dealkylation sites (tertiary alicyclic amines) is 1. The molecular formula is C16H33N. The standard InChI is InChI=1S/C16H33N/c1-13(2)14(3)11-15-7-9-17(12-15)10-8-16(4,5)6/h13-15H,7-12H2,1-6H3/t14-,15?/m0/s1. The fourth-order valence-electron chi connectivity index (χ4n) is 2.60. The Kier molecular flexibility index (Phi) is 5.50. The summed E-state index contributed by atoms with van der Waals surface area (Å²) in [6.45, 7) is 18.2. The van der Waals surface area contributed by atoms with Crippen molar-refractivity contribution >= 4 is 0 Å². The minimum Gasteiger partial charge on any atom is -0.303 e. The maximum atomic E-state index is 2.68. The van der Waals surface area contributed by atoms with Crippen LogP contribution in [0.1, 0.15) is 60.8 Å². The third-order valence-corrected chi connectivity index (χ3v) is 4.39. The summed E-state index contributed by atoms with van der Waals surface area (Å²) in [5.41, 5.74) is 0.489. The largest absolute Gasteiger partial charge is 0.303 e. The first-order valence-corrected chi connectivity index (χ1v) is 7.50. The summed E-state index contributed by atoms with van der Waals surface area (Å²) in [7, 11) is 0. The van der Waals surface area contributed by atoms with E-state index in [9.17, 15) is 0 Å². The van der Waals surface area contributed by atoms with Crippen LogP contribution in [0.3, 0.4) is 0 Å². The van der Waals surface area contributed by atoms with E-state index in [1.165, 1.54) is 38.9 Å². The van der Waals surface area contributed by atoms with E-state index in [0.717, 1.165) is 17.8 Å². The van der Waals surface area contributed by atoms with Gasteiger partial charge in [-0.15, -0.1) is 0 Å². The lowest BCUT2D eigenvalue weighted by Gasteiger charge is -2.24. The predicted molar refractivity (Wildman–Crippen MR) is 77.2 cm³/mol. The molecular weight excluding hydrogens is 206 g/mol. The topological polar surface area (TPSA) is 3.24 Å². The van der Waals surface area contributed by atoms with Crippen molar-refractivity contribution in [3.63, 3.8) is 0 Å². The summed E-state index contributed by atoms with van der Waals surface area (Å²) in [5, 5.41) is 0. The molecule has 1 heteroatoms. The third kappa shape index (κ3) is 5.90. The number of hydrogen-bond acceptors (Lipinski definition) is 1. The summed E-state index contributed by atoms with van der Waals surface area (Å²) in [4.78, 5) is 2.68. The first-order chi connectivity index (χ1) is 7.78. The fraction of sp³-hybridized carbons (Fsp3) is 1.00. The van der Waals surface area contributed by atoms with Gasteiger partial charge in [0, 0.05) is 6.54 Å². The van der Waals surface area contributed by atoms with Gasteiger partial charge in [0.05, 0.1) is 0 Å². The zero-order valence-electron chi connectivity index (χ0n) is 12.9. The molecule has 2 atom stereocenters. The molecule has 1 heterocycles. The van der Waals surface area contributed by atoms with Gasteiger partial charge < -0.3 is 4.90 Å². The van der Waals surface area contributed by atoms with Crippen LogP contribution in [0.4, 0.5) is 0 Å². The molecule has 0 bridgehead atoms. The molecule has 1 nitrogen and oxygen atoms in total. The molecule has 0 spiro atoms. The van der Waals surface area contributed by atoms with Gasteiger partial charge in [0.25, 0.3) is 0 Å². The van der Waals surface area contributed by atoms with E-state index in [0.29, 0.717) is 5.41 Å². The summed E-state index contributed by atoms with van der Waals surface area (Å²) >= 11 is 0. The van der Waals surface area contributed by atoms with Crippen LogP contribution in [0.2, 0.25) is 0 Å². The summed E-state index contributed by atoms with van der Waals surface area (Å²) in [6.07, 6.45) is 4.20. The Morgan fingerprint density at radius 1 is 1.18 bits per heavy atom. The van der Waals surface area contributed by atoms with E-state index in [4.69, 9.17) is 0 Å². The quantitative estimate of drug-likeness (QED) is 0.686. The van der Waals surface area contributed by atoms with Gasteiger partial charge in [-0.3, -0.25) is 0 Å². The SMILES string of the molecule is CC(C)[C@@H](C)CC1CCN(CCC(C)(C)C)C1. The Balaban J connectivity index is 2.23. The molecule has 0 amide bonds. The Bertz CT molecular complexity index is 214. The predicted octanol–water partition coefficient (Wildman–Crippen LogP) is 4.43. The van der Waals surface area contributed by atoms with Crippen LogP contribution in [0.25, 0.3) is 0 Å². The molecule has 0 radical (unpaired) electrons. The molecule has 0 N–H and O–H groups in total. The zero-order chi connectivity index (χ0) is 13.1. The Labute approximate surface area is 109 Å². The Morgan fingerprint density at radius 3 is 2.35 bits per heavy atom. The van der Waals surface area contributed by atoms with Gasteiger partial charge in [0.2, 0.25) is 0 Å². The summed E-state index contributed by atoms with van der Waals surface area (Å²) in [6, 6.07) is 0. The molecule has 1 fully saturated rings. The normalized spacial score (nSPS) is 24.5. The molecule has 1 aliphatic heterocycles. The number of hydrogen-bond donors (Lipinski definition) is 0. The number of nitrogens with zero attached hydrogens (tertiary/aromatic N) is 1. The zero-order valence-corrected chi connectivity index (χ0v) is 12.9. The van der Waals surface area contributed by atoms with Crippen molar-refractivity contribution in [3.05, 3.63) is 0 Å². The molecule has 1 unspecified atom stereocenters. The highest BCUT2D eigenvalue weighted by atomic mass is 15.1. The van der Waals surface area contributed by atoms with Crippen molar-refractivity contribution in [2.75, 3.05) is 19.6 Å². The average molecular weight is 239 g/mol. The van der Waals surface area contributed by atoms with Gasteiger partial charge >= 0.3 is 0 Å². The van der Waals surface area contributed by atoms with E-state index in [2.05, 4.69) is 46.4 Å². The van der Waals surface area contributed by atoms with Gasteiger partial charge in [-0.2, -0.15) is 0 Å². The molecule has 102 valence electrons. The minimum atomic E-state index is 0.489. The second kappa shape index (κ2) is 6.22. The maximum absolute atomic E-state index is 2.68. The molecule has 0 aromatic heterocycles. The number of rotatable bonds is 5. The third-order valence-electron chi connectivity index (χ3n) is 4.39. The lowest BCUT2D eigenvalue weighted by molar-refractivity contribution is 0.248. The minimum absolute atomic E-state index is 0.489. The van der Waals surface area contributed by atoms with Crippen LogP contribution in [-0.4, -0.2) is 24.5 Å². The highest BCUT2D eigenvalue weighted by Crippen LogP contribution is 2.28. The van der Waals surface area contributed by atoms with E-state index in [-0.39, 0.29) is 0 Å².